The van der Waals surface area contributed by atoms with Crippen LogP contribution in [0.5, 0.6) is 0 Å². The van der Waals surface area contributed by atoms with Gasteiger partial charge in [-0.05, 0) is 0 Å². The Morgan fingerprint density at radius 1 is 1.42 bits per heavy atom. The molecule has 0 aliphatic heterocycles. The Labute approximate surface area is 99.1 Å². The molecule has 1 aliphatic carbocycles. The van der Waals surface area contributed by atoms with Crippen molar-refractivity contribution < 1.29 is 20.4 Å². The van der Waals surface area contributed by atoms with Gasteiger partial charge in [-0.2, -0.15) is 0 Å². The third-order valence-electron chi connectivity index (χ3n) is 2.11. The van der Waals surface area contributed by atoms with E-state index in [0.29, 0.717) is 5.92 Å². The van der Waals surface area contributed by atoms with Crippen molar-refractivity contribution in [2.24, 2.45) is 5.92 Å². The van der Waals surface area contributed by atoms with E-state index in [4.69, 9.17) is 0 Å². The molecule has 0 aromatic rings. The summed E-state index contributed by atoms with van der Waals surface area (Å²) >= 11 is 2.25. The molecule has 69 valence electrons. The molecule has 0 amide bonds. The molecule has 1 unspecified atom stereocenters. The van der Waals surface area contributed by atoms with Crippen LogP contribution in [-0.4, -0.2) is 0 Å². The first-order valence-corrected chi connectivity index (χ1v) is 4.58. The first-order valence-electron chi connectivity index (χ1n) is 3.80. The summed E-state index contributed by atoms with van der Waals surface area (Å²) in [5.41, 5.74) is 3.07. The van der Waals surface area contributed by atoms with E-state index in [-0.39, 0.29) is 24.8 Å². The van der Waals surface area contributed by atoms with E-state index in [1.54, 1.807) is 9.45 Å². The third kappa shape index (κ3) is 2.92. The molecule has 1 aliphatic rings. The van der Waals surface area contributed by atoms with E-state index >= 15 is 0 Å². The van der Waals surface area contributed by atoms with Crippen LogP contribution in [0, 0.1) is 5.92 Å². The average molecular weight is 242 g/mol. The summed E-state index contributed by atoms with van der Waals surface area (Å²) in [4.78, 5) is 0. The van der Waals surface area contributed by atoms with Crippen molar-refractivity contribution in [3.8, 4) is 0 Å². The van der Waals surface area contributed by atoms with Gasteiger partial charge in [0.05, 0.1) is 0 Å². The number of hydrogen-bond donors (Lipinski definition) is 0. The molecular weight excluding hydrogens is 227 g/mol. The minimum atomic E-state index is 0. The number of allylic oxidation sites excluding steroid dienone is 4. The molecule has 12 heavy (non-hydrogen) atoms. The largest absolute Gasteiger partial charge is 0.147 e. The summed E-state index contributed by atoms with van der Waals surface area (Å²) in [6.45, 7) is 6.71. The third-order valence-corrected chi connectivity index (χ3v) is 3.29. The first kappa shape index (κ1) is 15.3. The minimum absolute atomic E-state index is 0. The van der Waals surface area contributed by atoms with Gasteiger partial charge >= 0.3 is 74.6 Å². The monoisotopic (exact) mass is 241 g/mol. The SMILES string of the molecule is CCC1=[C]([Ti])C(C)C=C1C.Cl.Cl. The molecule has 3 heteroatoms. The van der Waals surface area contributed by atoms with Gasteiger partial charge in [-0.1, -0.05) is 0 Å². The normalized spacial score (nSPS) is 21.2. The van der Waals surface area contributed by atoms with Crippen LogP contribution < -0.4 is 0 Å². The molecule has 0 saturated heterocycles. The number of hydrogen-bond acceptors (Lipinski definition) is 0. The van der Waals surface area contributed by atoms with Crippen molar-refractivity contribution in [2.45, 2.75) is 27.2 Å². The maximum absolute atomic E-state index is 2.36. The standard InChI is InChI=1S/C9H13.2ClH.Ti/c1-4-9-6-7(2)5-8(9)3;;;/h5,7H,4H2,1-3H3;2*1H;. The first-order chi connectivity index (χ1) is 4.66. The van der Waals surface area contributed by atoms with E-state index in [1.165, 1.54) is 12.0 Å². The second-order valence-corrected chi connectivity index (χ2v) is 3.73. The van der Waals surface area contributed by atoms with Gasteiger partial charge in [-0.25, -0.2) is 0 Å². The van der Waals surface area contributed by atoms with Gasteiger partial charge in [0.25, 0.3) is 0 Å². The van der Waals surface area contributed by atoms with Crippen LogP contribution in [0.4, 0.5) is 0 Å². The Kier molecular flexibility index (Phi) is 7.96. The van der Waals surface area contributed by atoms with Gasteiger partial charge in [0.15, 0.2) is 0 Å². The molecule has 1 rings (SSSR count). The van der Waals surface area contributed by atoms with Crippen molar-refractivity contribution in [1.29, 1.82) is 0 Å². The smallest absolute Gasteiger partial charge is 0.147 e. The summed E-state index contributed by atoms with van der Waals surface area (Å²) in [6.07, 6.45) is 3.55. The molecule has 0 saturated carbocycles. The molecule has 0 heterocycles. The zero-order valence-electron chi connectivity index (χ0n) is 7.68. The predicted octanol–water partition coefficient (Wildman–Crippen LogP) is 3.64. The van der Waals surface area contributed by atoms with Crippen LogP contribution in [0.1, 0.15) is 27.2 Å². The fourth-order valence-electron chi connectivity index (χ4n) is 1.52. The Morgan fingerprint density at radius 2 is 1.92 bits per heavy atom. The molecule has 0 fully saturated rings. The Morgan fingerprint density at radius 3 is 2.08 bits per heavy atom. The summed E-state index contributed by atoms with van der Waals surface area (Å²) in [5.74, 6) is 0.690. The van der Waals surface area contributed by atoms with E-state index in [2.05, 4.69) is 47.3 Å². The molecule has 1 atom stereocenters. The van der Waals surface area contributed by atoms with Crippen molar-refractivity contribution in [2.75, 3.05) is 0 Å². The maximum atomic E-state index is 2.36. The van der Waals surface area contributed by atoms with Crippen LogP contribution in [0.3, 0.4) is 0 Å². The molecular formula is C9H15Cl2Ti. The van der Waals surface area contributed by atoms with Gasteiger partial charge in [0.1, 0.15) is 0 Å². The second-order valence-electron chi connectivity index (χ2n) is 2.88. The maximum Gasteiger partial charge on any atom is -0.147 e. The molecule has 0 spiro atoms. The van der Waals surface area contributed by atoms with Crippen molar-refractivity contribution in [1.82, 2.24) is 0 Å². The van der Waals surface area contributed by atoms with E-state index in [0.717, 1.165) is 0 Å². The zero-order chi connectivity index (χ0) is 7.72. The summed E-state index contributed by atoms with van der Waals surface area (Å²) in [6, 6.07) is 0. The fourth-order valence-corrected chi connectivity index (χ4v) is 2.23. The Bertz CT molecular complexity index is 207. The molecule has 0 bridgehead atoms. The number of halogens is 2. The number of rotatable bonds is 1. The van der Waals surface area contributed by atoms with E-state index in [9.17, 15) is 0 Å². The summed E-state index contributed by atoms with van der Waals surface area (Å²) in [7, 11) is 0. The molecule has 0 aromatic carbocycles. The van der Waals surface area contributed by atoms with Crippen LogP contribution >= 0.6 is 24.8 Å². The average Bonchev–Trinajstić information content (AvgIpc) is 2.09. The van der Waals surface area contributed by atoms with Crippen LogP contribution in [0.15, 0.2) is 21.1 Å². The quantitative estimate of drug-likeness (QED) is 0.615. The van der Waals surface area contributed by atoms with Gasteiger partial charge in [-0.15, -0.1) is 24.8 Å². The van der Waals surface area contributed by atoms with Crippen LogP contribution in [-0.2, 0) is 20.4 Å². The molecule has 0 nitrogen and oxygen atoms in total. The van der Waals surface area contributed by atoms with Gasteiger partial charge < -0.3 is 0 Å². The van der Waals surface area contributed by atoms with Crippen LogP contribution in [0.25, 0.3) is 0 Å². The van der Waals surface area contributed by atoms with Gasteiger partial charge in [0.2, 0.25) is 0 Å². The van der Waals surface area contributed by atoms with E-state index in [1.807, 2.05) is 0 Å². The Balaban J connectivity index is 0. The molecule has 0 aromatic heterocycles. The zero-order valence-corrected chi connectivity index (χ0v) is 10.9. The van der Waals surface area contributed by atoms with Crippen LogP contribution in [0.2, 0.25) is 0 Å². The van der Waals surface area contributed by atoms with Gasteiger partial charge in [0, 0.05) is 0 Å². The predicted molar refractivity (Wildman–Crippen MR) is 54.7 cm³/mol. The second kappa shape index (κ2) is 6.26. The minimum Gasteiger partial charge on any atom is -0.147 e. The van der Waals surface area contributed by atoms with Crippen molar-refractivity contribution >= 4 is 24.8 Å². The molecule has 0 radical (unpaired) electrons. The van der Waals surface area contributed by atoms with Gasteiger partial charge in [-0.3, -0.25) is 0 Å². The fraction of sp³-hybridized carbons (Fsp3) is 0.556. The summed E-state index contributed by atoms with van der Waals surface area (Å²) < 4.78 is 1.57. The van der Waals surface area contributed by atoms with E-state index < -0.39 is 0 Å². The van der Waals surface area contributed by atoms with Crippen molar-refractivity contribution in [3.05, 3.63) is 21.1 Å². The topological polar surface area (TPSA) is 0 Å². The molecule has 0 N–H and O–H groups in total. The summed E-state index contributed by atoms with van der Waals surface area (Å²) in [5, 5.41) is 0. The Hall–Kier alpha value is 0.774. The van der Waals surface area contributed by atoms with Crippen molar-refractivity contribution in [3.63, 3.8) is 0 Å².